The monoisotopic (exact) mass is 231 g/mol. The Morgan fingerprint density at radius 2 is 2.17 bits per heavy atom. The van der Waals surface area contributed by atoms with E-state index in [0.717, 1.165) is 4.47 Å². The van der Waals surface area contributed by atoms with E-state index in [0.29, 0.717) is 24.1 Å². The van der Waals surface area contributed by atoms with Crippen molar-refractivity contribution in [3.05, 3.63) is 33.5 Å². The lowest BCUT2D eigenvalue weighted by Crippen LogP contribution is -2.05. The molecule has 0 heterocycles. The maximum Gasteiger partial charge on any atom is 0.130 e. The Kier molecular flexibility index (Phi) is 3.23. The van der Waals surface area contributed by atoms with E-state index in [1.807, 2.05) is 6.07 Å². The van der Waals surface area contributed by atoms with Gasteiger partial charge in [0.1, 0.15) is 5.82 Å². The normalized spacial score (nSPS) is 10.3. The van der Waals surface area contributed by atoms with Crippen LogP contribution in [0.4, 0.5) is 4.39 Å². The van der Waals surface area contributed by atoms with Crippen molar-refractivity contribution in [1.82, 2.24) is 0 Å². The van der Waals surface area contributed by atoms with Gasteiger partial charge < -0.3 is 5.73 Å². The topological polar surface area (TPSA) is 26.0 Å². The second kappa shape index (κ2) is 4.01. The second-order valence-electron chi connectivity index (χ2n) is 2.68. The van der Waals surface area contributed by atoms with Gasteiger partial charge in [-0.1, -0.05) is 22.0 Å². The molecule has 0 bridgehead atoms. The van der Waals surface area contributed by atoms with Gasteiger partial charge in [-0.05, 0) is 37.1 Å². The van der Waals surface area contributed by atoms with Crippen LogP contribution in [0.25, 0.3) is 0 Å². The van der Waals surface area contributed by atoms with Crippen LogP contribution in [0.15, 0.2) is 16.6 Å². The Labute approximate surface area is 79.9 Å². The fraction of sp³-hybridized carbons (Fsp3) is 0.333. The highest BCUT2D eigenvalue weighted by Gasteiger charge is 2.06. The quantitative estimate of drug-likeness (QED) is 0.832. The number of hydrogen-bond acceptors (Lipinski definition) is 1. The molecule has 0 unspecified atom stereocenters. The van der Waals surface area contributed by atoms with Crippen LogP contribution < -0.4 is 5.73 Å². The van der Waals surface area contributed by atoms with E-state index in [1.165, 1.54) is 0 Å². The van der Waals surface area contributed by atoms with Crippen LogP contribution in [0.3, 0.4) is 0 Å². The highest BCUT2D eigenvalue weighted by atomic mass is 79.9. The summed E-state index contributed by atoms with van der Waals surface area (Å²) in [5.41, 5.74) is 6.69. The minimum Gasteiger partial charge on any atom is -0.330 e. The third-order valence-electron chi connectivity index (χ3n) is 1.81. The zero-order valence-electron chi connectivity index (χ0n) is 6.90. The van der Waals surface area contributed by atoms with E-state index >= 15 is 0 Å². The lowest BCUT2D eigenvalue weighted by atomic mass is 10.1. The Morgan fingerprint density at radius 3 is 2.75 bits per heavy atom. The molecule has 0 saturated heterocycles. The van der Waals surface area contributed by atoms with Crippen LogP contribution in [0.2, 0.25) is 0 Å². The van der Waals surface area contributed by atoms with Crippen molar-refractivity contribution in [2.24, 2.45) is 5.73 Å². The number of nitrogens with two attached hydrogens (primary N) is 1. The Hall–Kier alpha value is -0.410. The van der Waals surface area contributed by atoms with Crippen LogP contribution in [-0.2, 0) is 6.42 Å². The van der Waals surface area contributed by atoms with E-state index in [9.17, 15) is 4.39 Å². The molecule has 1 rings (SSSR count). The third-order valence-corrected chi connectivity index (χ3v) is 2.67. The molecule has 0 fully saturated rings. The summed E-state index contributed by atoms with van der Waals surface area (Å²) in [5, 5.41) is 0. The van der Waals surface area contributed by atoms with Gasteiger partial charge in [0.25, 0.3) is 0 Å². The summed E-state index contributed by atoms with van der Waals surface area (Å²) in [6.45, 7) is 2.23. The molecule has 12 heavy (non-hydrogen) atoms. The van der Waals surface area contributed by atoms with E-state index < -0.39 is 0 Å². The predicted octanol–water partition coefficient (Wildman–Crippen LogP) is 2.40. The standard InChI is InChI=1S/C9H11BrFN/c1-6-8(10)3-2-7(4-5-12)9(6)11/h2-3H,4-5,12H2,1H3. The van der Waals surface area contributed by atoms with Crippen molar-refractivity contribution in [2.75, 3.05) is 6.54 Å². The molecule has 0 atom stereocenters. The second-order valence-corrected chi connectivity index (χ2v) is 3.54. The van der Waals surface area contributed by atoms with Crippen LogP contribution in [0.5, 0.6) is 0 Å². The molecule has 0 radical (unpaired) electrons. The van der Waals surface area contributed by atoms with Crippen LogP contribution in [0.1, 0.15) is 11.1 Å². The van der Waals surface area contributed by atoms with Crippen molar-refractivity contribution in [3.63, 3.8) is 0 Å². The zero-order chi connectivity index (χ0) is 9.14. The summed E-state index contributed by atoms with van der Waals surface area (Å²) >= 11 is 3.26. The summed E-state index contributed by atoms with van der Waals surface area (Å²) < 4.78 is 14.2. The molecule has 0 aliphatic carbocycles. The van der Waals surface area contributed by atoms with Gasteiger partial charge in [0.2, 0.25) is 0 Å². The van der Waals surface area contributed by atoms with E-state index in [2.05, 4.69) is 15.9 Å². The van der Waals surface area contributed by atoms with E-state index in [-0.39, 0.29) is 5.82 Å². The largest absolute Gasteiger partial charge is 0.330 e. The van der Waals surface area contributed by atoms with Gasteiger partial charge in [0, 0.05) is 4.47 Å². The Morgan fingerprint density at radius 1 is 1.50 bits per heavy atom. The first-order valence-electron chi connectivity index (χ1n) is 3.80. The molecule has 0 aliphatic rings. The summed E-state index contributed by atoms with van der Waals surface area (Å²) in [4.78, 5) is 0. The molecule has 2 N–H and O–H groups in total. The van der Waals surface area contributed by atoms with Gasteiger partial charge in [-0.25, -0.2) is 4.39 Å². The molecule has 1 aromatic carbocycles. The fourth-order valence-electron chi connectivity index (χ4n) is 1.07. The van der Waals surface area contributed by atoms with Crippen LogP contribution >= 0.6 is 15.9 Å². The van der Waals surface area contributed by atoms with Gasteiger partial charge in [-0.2, -0.15) is 0 Å². The van der Waals surface area contributed by atoms with Gasteiger partial charge in [-0.15, -0.1) is 0 Å². The highest BCUT2D eigenvalue weighted by Crippen LogP contribution is 2.21. The van der Waals surface area contributed by atoms with Gasteiger partial charge >= 0.3 is 0 Å². The van der Waals surface area contributed by atoms with Crippen LogP contribution in [-0.4, -0.2) is 6.54 Å². The Bertz CT molecular complexity index is 286. The molecule has 0 spiro atoms. The maximum absolute atomic E-state index is 13.4. The molecule has 66 valence electrons. The van der Waals surface area contributed by atoms with Crippen molar-refractivity contribution in [2.45, 2.75) is 13.3 Å². The minimum atomic E-state index is -0.144. The molecular weight excluding hydrogens is 221 g/mol. The van der Waals surface area contributed by atoms with Crippen molar-refractivity contribution in [3.8, 4) is 0 Å². The first-order valence-corrected chi connectivity index (χ1v) is 4.59. The summed E-state index contributed by atoms with van der Waals surface area (Å²) in [7, 11) is 0. The van der Waals surface area contributed by atoms with Crippen molar-refractivity contribution >= 4 is 15.9 Å². The molecule has 3 heteroatoms. The van der Waals surface area contributed by atoms with Gasteiger partial charge in [0.05, 0.1) is 0 Å². The molecule has 0 saturated carbocycles. The van der Waals surface area contributed by atoms with Gasteiger partial charge in [-0.3, -0.25) is 0 Å². The average Bonchev–Trinajstić information content (AvgIpc) is 2.07. The molecule has 1 nitrogen and oxygen atoms in total. The molecule has 0 aromatic heterocycles. The zero-order valence-corrected chi connectivity index (χ0v) is 8.49. The number of benzene rings is 1. The first-order chi connectivity index (χ1) is 5.66. The molecular formula is C9H11BrFN. The summed E-state index contributed by atoms with van der Waals surface area (Å²) in [5.74, 6) is -0.144. The van der Waals surface area contributed by atoms with E-state index in [1.54, 1.807) is 13.0 Å². The molecule has 1 aromatic rings. The smallest absolute Gasteiger partial charge is 0.130 e. The molecule has 0 aliphatic heterocycles. The number of halogens is 2. The van der Waals surface area contributed by atoms with Crippen LogP contribution in [0, 0.1) is 12.7 Å². The van der Waals surface area contributed by atoms with Crippen molar-refractivity contribution in [1.29, 1.82) is 0 Å². The lowest BCUT2D eigenvalue weighted by molar-refractivity contribution is 0.599. The number of hydrogen-bond donors (Lipinski definition) is 1. The lowest BCUT2D eigenvalue weighted by Gasteiger charge is -2.05. The predicted molar refractivity (Wildman–Crippen MR) is 51.6 cm³/mol. The summed E-state index contributed by atoms with van der Waals surface area (Å²) in [6, 6.07) is 3.61. The Balaban J connectivity index is 3.08. The SMILES string of the molecule is Cc1c(Br)ccc(CCN)c1F. The maximum atomic E-state index is 13.4. The number of rotatable bonds is 2. The molecule has 0 amide bonds. The van der Waals surface area contributed by atoms with Crippen molar-refractivity contribution < 1.29 is 4.39 Å². The summed E-state index contributed by atoms with van der Waals surface area (Å²) in [6.07, 6.45) is 0.597. The first kappa shape index (κ1) is 9.68. The fourth-order valence-corrected chi connectivity index (χ4v) is 1.37. The minimum absolute atomic E-state index is 0.144. The van der Waals surface area contributed by atoms with Gasteiger partial charge in [0.15, 0.2) is 0 Å². The van der Waals surface area contributed by atoms with E-state index in [4.69, 9.17) is 5.73 Å². The highest BCUT2D eigenvalue weighted by molar-refractivity contribution is 9.10. The average molecular weight is 232 g/mol. The third kappa shape index (κ3) is 1.84.